The summed E-state index contributed by atoms with van der Waals surface area (Å²) in [4.78, 5) is 0. The quantitative estimate of drug-likeness (QED) is 0.875. The fourth-order valence-corrected chi connectivity index (χ4v) is 4.36. The summed E-state index contributed by atoms with van der Waals surface area (Å²) in [5, 5.41) is 7.58. The maximum Gasteiger partial charge on any atom is 0.162 e. The van der Waals surface area contributed by atoms with Crippen molar-refractivity contribution in [3.05, 3.63) is 71.8 Å². The molecule has 4 rings (SSSR count). The zero-order valence-electron chi connectivity index (χ0n) is 15.6. The number of morpholine rings is 2. The highest BCUT2D eigenvalue weighted by atomic mass is 16.6. The average Bonchev–Trinajstić information content (AvgIpc) is 2.74. The van der Waals surface area contributed by atoms with Crippen LogP contribution < -0.4 is 10.6 Å². The van der Waals surface area contributed by atoms with E-state index in [1.807, 2.05) is 12.1 Å². The van der Waals surface area contributed by atoms with E-state index in [2.05, 4.69) is 73.0 Å². The monoisotopic (exact) mass is 352 g/mol. The third-order valence-corrected chi connectivity index (χ3v) is 5.86. The number of nitrogens with one attached hydrogen (secondary N) is 2. The van der Waals surface area contributed by atoms with E-state index >= 15 is 0 Å². The molecular formula is C22H28N2O2. The molecule has 26 heavy (non-hydrogen) atoms. The highest BCUT2D eigenvalue weighted by Gasteiger charge is 2.59. The van der Waals surface area contributed by atoms with Gasteiger partial charge in [-0.1, -0.05) is 74.5 Å². The largest absolute Gasteiger partial charge is 0.354 e. The van der Waals surface area contributed by atoms with Gasteiger partial charge in [0.1, 0.15) is 0 Å². The Labute approximate surface area is 155 Å². The van der Waals surface area contributed by atoms with Crippen LogP contribution in [-0.4, -0.2) is 24.7 Å². The van der Waals surface area contributed by atoms with E-state index in [0.29, 0.717) is 13.2 Å². The Morgan fingerprint density at radius 2 is 1.12 bits per heavy atom. The molecule has 4 atom stereocenters. The molecule has 0 saturated carbocycles. The van der Waals surface area contributed by atoms with Crippen molar-refractivity contribution in [3.63, 3.8) is 0 Å². The summed E-state index contributed by atoms with van der Waals surface area (Å²) in [6.07, 6.45) is 1.66. The summed E-state index contributed by atoms with van der Waals surface area (Å²) >= 11 is 0. The predicted octanol–water partition coefficient (Wildman–Crippen LogP) is 3.92. The topological polar surface area (TPSA) is 42.5 Å². The highest BCUT2D eigenvalue weighted by molar-refractivity contribution is 5.24. The first-order valence-electron chi connectivity index (χ1n) is 9.65. The average molecular weight is 352 g/mol. The number of hydrogen-bond donors (Lipinski definition) is 2. The molecule has 2 aliphatic heterocycles. The summed E-state index contributed by atoms with van der Waals surface area (Å²) < 4.78 is 13.1. The van der Waals surface area contributed by atoms with Crippen LogP contribution in [0.5, 0.6) is 0 Å². The molecule has 2 fully saturated rings. The van der Waals surface area contributed by atoms with Gasteiger partial charge >= 0.3 is 0 Å². The Hall–Kier alpha value is -1.72. The molecule has 2 N–H and O–H groups in total. The maximum atomic E-state index is 6.53. The van der Waals surface area contributed by atoms with Crippen LogP contribution in [-0.2, 0) is 9.47 Å². The molecule has 0 bridgehead atoms. The van der Waals surface area contributed by atoms with Crippen molar-refractivity contribution < 1.29 is 9.47 Å². The van der Waals surface area contributed by atoms with Crippen molar-refractivity contribution in [2.24, 2.45) is 0 Å². The van der Waals surface area contributed by atoms with Crippen molar-refractivity contribution in [2.75, 3.05) is 13.2 Å². The molecule has 0 radical (unpaired) electrons. The van der Waals surface area contributed by atoms with E-state index in [1.54, 1.807) is 0 Å². The minimum absolute atomic E-state index is 0.130. The fraction of sp³-hybridized carbons (Fsp3) is 0.455. The molecular weight excluding hydrogens is 324 g/mol. The van der Waals surface area contributed by atoms with Crippen LogP contribution in [0.1, 0.15) is 49.9 Å². The summed E-state index contributed by atoms with van der Waals surface area (Å²) in [5.41, 5.74) is 1.40. The lowest BCUT2D eigenvalue weighted by molar-refractivity contribution is -0.305. The Kier molecular flexibility index (Phi) is 4.84. The van der Waals surface area contributed by atoms with Crippen molar-refractivity contribution in [2.45, 2.75) is 50.2 Å². The molecule has 0 amide bonds. The van der Waals surface area contributed by atoms with Crippen molar-refractivity contribution in [3.8, 4) is 0 Å². The van der Waals surface area contributed by atoms with Crippen molar-refractivity contribution >= 4 is 0 Å². The minimum Gasteiger partial charge on any atom is -0.354 e. The van der Waals surface area contributed by atoms with Gasteiger partial charge in [-0.25, -0.2) is 0 Å². The van der Waals surface area contributed by atoms with Gasteiger partial charge < -0.3 is 9.47 Å². The van der Waals surface area contributed by atoms with E-state index in [9.17, 15) is 0 Å². The normalized spacial score (nSPS) is 34.2. The van der Waals surface area contributed by atoms with Crippen LogP contribution in [0.15, 0.2) is 60.7 Å². The Morgan fingerprint density at radius 1 is 0.731 bits per heavy atom. The first-order valence-corrected chi connectivity index (χ1v) is 9.65. The van der Waals surface area contributed by atoms with E-state index in [4.69, 9.17) is 9.47 Å². The van der Waals surface area contributed by atoms with Gasteiger partial charge in [-0.05, 0) is 24.0 Å². The van der Waals surface area contributed by atoms with E-state index in [0.717, 1.165) is 12.8 Å². The van der Waals surface area contributed by atoms with Gasteiger partial charge in [0.25, 0.3) is 0 Å². The summed E-state index contributed by atoms with van der Waals surface area (Å²) in [7, 11) is 0. The van der Waals surface area contributed by atoms with Gasteiger partial charge in [0.2, 0.25) is 0 Å². The summed E-state index contributed by atoms with van der Waals surface area (Å²) in [6.45, 7) is 5.58. The Bertz CT molecular complexity index is 660. The van der Waals surface area contributed by atoms with Gasteiger partial charge in [0.15, 0.2) is 11.4 Å². The second-order valence-electron chi connectivity index (χ2n) is 7.20. The molecule has 0 aromatic heterocycles. The lowest BCUT2D eigenvalue weighted by atomic mass is 9.86. The van der Waals surface area contributed by atoms with Gasteiger partial charge in [0.05, 0.1) is 25.3 Å². The zero-order chi connectivity index (χ0) is 18.0. The maximum absolute atomic E-state index is 6.53. The molecule has 2 heterocycles. The molecule has 2 aromatic rings. The van der Waals surface area contributed by atoms with Gasteiger partial charge in [-0.2, -0.15) is 0 Å². The molecule has 4 nitrogen and oxygen atoms in total. The molecule has 0 aliphatic carbocycles. The second-order valence-corrected chi connectivity index (χ2v) is 7.20. The van der Waals surface area contributed by atoms with E-state index in [-0.39, 0.29) is 12.1 Å². The van der Waals surface area contributed by atoms with E-state index < -0.39 is 11.4 Å². The predicted molar refractivity (Wildman–Crippen MR) is 103 cm³/mol. The van der Waals surface area contributed by atoms with Crippen molar-refractivity contribution in [1.82, 2.24) is 10.6 Å². The second kappa shape index (κ2) is 7.12. The lowest BCUT2D eigenvalue weighted by Gasteiger charge is -2.59. The number of hydrogen-bond acceptors (Lipinski definition) is 4. The SMILES string of the molecule is CC[C@@]12N[C@@H](c3ccccc3)CO[C@]1(CC)N[C@@H](c1ccccc1)CO2. The zero-order valence-corrected chi connectivity index (χ0v) is 15.6. The first kappa shape index (κ1) is 17.7. The molecule has 2 aromatic carbocycles. The first-order chi connectivity index (χ1) is 12.7. The number of fused-ring (bicyclic) bond motifs is 1. The Balaban J connectivity index is 1.62. The van der Waals surface area contributed by atoms with E-state index in [1.165, 1.54) is 11.1 Å². The molecule has 2 aliphatic rings. The molecule has 138 valence electrons. The molecule has 0 spiro atoms. The van der Waals surface area contributed by atoms with Gasteiger partial charge in [-0.3, -0.25) is 10.6 Å². The van der Waals surface area contributed by atoms with Crippen LogP contribution in [0, 0.1) is 0 Å². The number of benzene rings is 2. The van der Waals surface area contributed by atoms with Gasteiger partial charge in [0, 0.05) is 0 Å². The van der Waals surface area contributed by atoms with Crippen LogP contribution in [0.25, 0.3) is 0 Å². The fourth-order valence-electron chi connectivity index (χ4n) is 4.36. The lowest BCUT2D eigenvalue weighted by Crippen LogP contribution is -2.78. The van der Waals surface area contributed by atoms with Crippen LogP contribution in [0.2, 0.25) is 0 Å². The minimum atomic E-state index is -0.536. The third-order valence-electron chi connectivity index (χ3n) is 5.86. The highest BCUT2D eigenvalue weighted by Crippen LogP contribution is 2.43. The third kappa shape index (κ3) is 2.87. The number of ether oxygens (including phenoxy) is 2. The summed E-state index contributed by atoms with van der Waals surface area (Å²) in [6, 6.07) is 21.2. The molecule has 0 unspecified atom stereocenters. The summed E-state index contributed by atoms with van der Waals surface area (Å²) in [5.74, 6) is 0. The standard InChI is InChI=1S/C22H28N2O2/c1-3-21-22(4-2,24-20(15-25-21)18-13-9-6-10-14-18)26-16-19(23-21)17-11-7-5-8-12-17/h5-14,19-20,23-24H,3-4,15-16H2,1-2H3/t19-,20-,21+,22+/m1/s1. The molecule has 2 saturated heterocycles. The van der Waals surface area contributed by atoms with Crippen LogP contribution >= 0.6 is 0 Å². The van der Waals surface area contributed by atoms with Crippen LogP contribution in [0.3, 0.4) is 0 Å². The molecule has 4 heteroatoms. The Morgan fingerprint density at radius 3 is 1.46 bits per heavy atom. The smallest absolute Gasteiger partial charge is 0.162 e. The van der Waals surface area contributed by atoms with Crippen LogP contribution in [0.4, 0.5) is 0 Å². The number of rotatable bonds is 4. The van der Waals surface area contributed by atoms with Crippen molar-refractivity contribution in [1.29, 1.82) is 0 Å². The van der Waals surface area contributed by atoms with Gasteiger partial charge in [-0.15, -0.1) is 0 Å².